The van der Waals surface area contributed by atoms with E-state index >= 15 is 0 Å². The molecule has 0 bridgehead atoms. The summed E-state index contributed by atoms with van der Waals surface area (Å²) in [5.41, 5.74) is 0.855. The first-order chi connectivity index (χ1) is 8.59. The van der Waals surface area contributed by atoms with Crippen LogP contribution >= 0.6 is 11.8 Å². The van der Waals surface area contributed by atoms with Crippen LogP contribution < -0.4 is 5.32 Å². The van der Waals surface area contributed by atoms with Crippen molar-refractivity contribution in [2.45, 2.75) is 25.1 Å². The zero-order valence-electron chi connectivity index (χ0n) is 10.00. The Hall–Kier alpha value is -1.63. The molecule has 98 valence electrons. The molecule has 0 fully saturated rings. The molecule has 0 aliphatic heterocycles. The van der Waals surface area contributed by atoms with Crippen molar-refractivity contribution in [2.24, 2.45) is 0 Å². The first-order valence-electron chi connectivity index (χ1n) is 5.42. The van der Waals surface area contributed by atoms with Gasteiger partial charge in [-0.25, -0.2) is 4.79 Å². The maximum Gasteiger partial charge on any atom is 0.326 e. The van der Waals surface area contributed by atoms with Gasteiger partial charge in [-0.05, 0) is 12.2 Å². The molecule has 1 atom stereocenters. The van der Waals surface area contributed by atoms with E-state index in [2.05, 4.69) is 15.3 Å². The number of aromatic nitrogens is 2. The van der Waals surface area contributed by atoms with Gasteiger partial charge in [-0.1, -0.05) is 0 Å². The molecule has 7 heteroatoms. The number of nitrogens with zero attached hydrogens (tertiary/aromatic N) is 2. The number of hydrogen-bond donors (Lipinski definition) is 2. The van der Waals surface area contributed by atoms with Crippen LogP contribution in [0.1, 0.15) is 19.0 Å². The number of hydrogen-bond acceptors (Lipinski definition) is 5. The van der Waals surface area contributed by atoms with Crippen molar-refractivity contribution in [3.63, 3.8) is 0 Å². The summed E-state index contributed by atoms with van der Waals surface area (Å²) in [6.07, 6.45) is 5.29. The van der Waals surface area contributed by atoms with Crippen LogP contribution in [0.5, 0.6) is 0 Å². The molecule has 0 aliphatic rings. The van der Waals surface area contributed by atoms with Crippen LogP contribution in [0.4, 0.5) is 0 Å². The second kappa shape index (κ2) is 7.65. The molecule has 1 heterocycles. The number of carboxylic acid groups (broad SMARTS) is 1. The Morgan fingerprint density at radius 1 is 1.50 bits per heavy atom. The average molecular weight is 269 g/mol. The quantitative estimate of drug-likeness (QED) is 0.707. The average Bonchev–Trinajstić information content (AvgIpc) is 2.33. The van der Waals surface area contributed by atoms with E-state index in [-0.39, 0.29) is 5.91 Å². The first kappa shape index (κ1) is 14.4. The fourth-order valence-corrected chi connectivity index (χ4v) is 2.19. The standard InChI is InChI=1S/C11H15N3O3S/c1-8(15)14-10(11(16)17)2-5-18-7-9-6-12-3-4-13-9/h3-4,6,10H,2,5,7H2,1H3,(H,14,15)(H,16,17). The summed E-state index contributed by atoms with van der Waals surface area (Å²) >= 11 is 1.56. The summed E-state index contributed by atoms with van der Waals surface area (Å²) in [6, 6.07) is -0.822. The van der Waals surface area contributed by atoms with E-state index in [1.165, 1.54) is 6.92 Å². The molecule has 1 aromatic rings. The first-order valence-corrected chi connectivity index (χ1v) is 6.57. The molecular weight excluding hydrogens is 254 g/mol. The van der Waals surface area contributed by atoms with Crippen molar-refractivity contribution in [3.05, 3.63) is 24.3 Å². The molecule has 1 unspecified atom stereocenters. The topological polar surface area (TPSA) is 92.2 Å². The minimum absolute atomic E-state index is 0.332. The van der Waals surface area contributed by atoms with Crippen LogP contribution in [0.25, 0.3) is 0 Å². The lowest BCUT2D eigenvalue weighted by Crippen LogP contribution is -2.39. The van der Waals surface area contributed by atoms with Crippen molar-refractivity contribution in [2.75, 3.05) is 5.75 Å². The number of aliphatic carboxylic acids is 1. The number of carbonyl (C=O) groups excluding carboxylic acids is 1. The second-order valence-corrected chi connectivity index (χ2v) is 4.73. The Kier molecular flexibility index (Phi) is 6.13. The predicted octanol–water partition coefficient (Wildman–Crippen LogP) is 0.689. The Bertz CT molecular complexity index is 400. The van der Waals surface area contributed by atoms with E-state index in [4.69, 9.17) is 5.11 Å². The highest BCUT2D eigenvalue weighted by Crippen LogP contribution is 2.11. The third-order valence-corrected chi connectivity index (χ3v) is 3.12. The van der Waals surface area contributed by atoms with E-state index < -0.39 is 12.0 Å². The van der Waals surface area contributed by atoms with Crippen molar-refractivity contribution >= 4 is 23.6 Å². The number of amides is 1. The van der Waals surface area contributed by atoms with Gasteiger partial charge in [0, 0.05) is 31.3 Å². The zero-order chi connectivity index (χ0) is 13.4. The van der Waals surface area contributed by atoms with Gasteiger partial charge in [-0.15, -0.1) is 0 Å². The van der Waals surface area contributed by atoms with Crippen molar-refractivity contribution in [1.82, 2.24) is 15.3 Å². The third-order valence-electron chi connectivity index (χ3n) is 2.09. The Labute approximate surface area is 109 Å². The van der Waals surface area contributed by atoms with Gasteiger partial charge in [0.1, 0.15) is 6.04 Å². The number of thioether (sulfide) groups is 1. The summed E-state index contributed by atoms with van der Waals surface area (Å²) in [4.78, 5) is 29.7. The molecular formula is C11H15N3O3S. The SMILES string of the molecule is CC(=O)NC(CCSCc1cnccn1)C(=O)O. The Morgan fingerprint density at radius 3 is 2.83 bits per heavy atom. The highest BCUT2D eigenvalue weighted by molar-refractivity contribution is 7.98. The largest absolute Gasteiger partial charge is 0.480 e. The van der Waals surface area contributed by atoms with Gasteiger partial charge in [0.05, 0.1) is 5.69 Å². The van der Waals surface area contributed by atoms with Crippen LogP contribution in [0, 0.1) is 0 Å². The number of carbonyl (C=O) groups is 2. The molecule has 0 aromatic carbocycles. The molecule has 6 nitrogen and oxygen atoms in total. The molecule has 0 saturated heterocycles. The predicted molar refractivity (Wildman–Crippen MR) is 68.1 cm³/mol. The van der Waals surface area contributed by atoms with E-state index in [1.54, 1.807) is 30.4 Å². The fraction of sp³-hybridized carbons (Fsp3) is 0.455. The second-order valence-electron chi connectivity index (χ2n) is 3.63. The van der Waals surface area contributed by atoms with Crippen molar-refractivity contribution < 1.29 is 14.7 Å². The van der Waals surface area contributed by atoms with Gasteiger partial charge < -0.3 is 10.4 Å². The fourth-order valence-electron chi connectivity index (χ4n) is 1.29. The normalized spacial score (nSPS) is 11.8. The molecule has 0 radical (unpaired) electrons. The molecule has 1 amide bonds. The van der Waals surface area contributed by atoms with E-state index in [0.29, 0.717) is 17.9 Å². The third kappa shape index (κ3) is 5.62. The van der Waals surface area contributed by atoms with Gasteiger partial charge in [0.15, 0.2) is 0 Å². The van der Waals surface area contributed by atoms with Crippen LogP contribution in [0.3, 0.4) is 0 Å². The Morgan fingerprint density at radius 2 is 2.28 bits per heavy atom. The monoisotopic (exact) mass is 269 g/mol. The number of carboxylic acids is 1. The van der Waals surface area contributed by atoms with Crippen molar-refractivity contribution in [3.8, 4) is 0 Å². The summed E-state index contributed by atoms with van der Waals surface area (Å²) in [7, 11) is 0. The molecule has 18 heavy (non-hydrogen) atoms. The molecule has 1 rings (SSSR count). The highest BCUT2D eigenvalue weighted by atomic mass is 32.2. The number of rotatable bonds is 7. The van der Waals surface area contributed by atoms with Crippen LogP contribution in [0.2, 0.25) is 0 Å². The van der Waals surface area contributed by atoms with E-state index in [9.17, 15) is 9.59 Å². The Balaban J connectivity index is 2.27. The summed E-state index contributed by atoms with van der Waals surface area (Å²) in [5, 5.41) is 11.3. The van der Waals surface area contributed by atoms with Crippen LogP contribution in [-0.4, -0.2) is 38.7 Å². The van der Waals surface area contributed by atoms with E-state index in [1.807, 2.05) is 0 Å². The molecule has 0 spiro atoms. The van der Waals surface area contributed by atoms with Gasteiger partial charge in [-0.3, -0.25) is 14.8 Å². The summed E-state index contributed by atoms with van der Waals surface area (Å²) < 4.78 is 0. The summed E-state index contributed by atoms with van der Waals surface area (Å²) in [6.45, 7) is 1.31. The van der Waals surface area contributed by atoms with Gasteiger partial charge in [-0.2, -0.15) is 11.8 Å². The van der Waals surface area contributed by atoms with Crippen LogP contribution in [-0.2, 0) is 15.3 Å². The maximum absolute atomic E-state index is 10.9. The lowest BCUT2D eigenvalue weighted by Gasteiger charge is -2.12. The minimum Gasteiger partial charge on any atom is -0.480 e. The molecule has 2 N–H and O–H groups in total. The van der Waals surface area contributed by atoms with Crippen LogP contribution in [0.15, 0.2) is 18.6 Å². The van der Waals surface area contributed by atoms with Gasteiger partial charge in [0.2, 0.25) is 5.91 Å². The van der Waals surface area contributed by atoms with Gasteiger partial charge in [0.25, 0.3) is 0 Å². The maximum atomic E-state index is 10.9. The smallest absolute Gasteiger partial charge is 0.326 e. The molecule has 0 saturated carbocycles. The molecule has 1 aromatic heterocycles. The lowest BCUT2D eigenvalue weighted by atomic mass is 10.2. The van der Waals surface area contributed by atoms with E-state index in [0.717, 1.165) is 5.69 Å². The highest BCUT2D eigenvalue weighted by Gasteiger charge is 2.17. The zero-order valence-corrected chi connectivity index (χ0v) is 10.8. The van der Waals surface area contributed by atoms with Crippen molar-refractivity contribution in [1.29, 1.82) is 0 Å². The van der Waals surface area contributed by atoms with Gasteiger partial charge >= 0.3 is 5.97 Å². The molecule has 0 aliphatic carbocycles. The summed E-state index contributed by atoms with van der Waals surface area (Å²) in [5.74, 6) is -0.0275. The lowest BCUT2D eigenvalue weighted by molar-refractivity contribution is -0.141. The minimum atomic E-state index is -1.01. The number of nitrogens with one attached hydrogen (secondary N) is 1.